The summed E-state index contributed by atoms with van der Waals surface area (Å²) in [6, 6.07) is 12.1. The molecule has 2 aromatic rings. The van der Waals surface area contributed by atoms with Gasteiger partial charge in [0.25, 0.3) is 0 Å². The van der Waals surface area contributed by atoms with E-state index in [9.17, 15) is 9.18 Å². The predicted molar refractivity (Wildman–Crippen MR) is 113 cm³/mol. The third kappa shape index (κ3) is 6.61. The number of carbonyl (C=O) groups excluding carboxylic acids is 1. The maximum absolute atomic E-state index is 13.1. The standard InChI is InChI=1S/C22H27FN2O3.ClH/c1-27-20-6-2-5-18(15-24-12-4-14-25-13-3-7-21(25)26)22(20)28-16-17-8-10-19(23)11-9-17;/h2,5-6,8-11,24H,3-4,7,12-16H2,1H3;1H. The van der Waals surface area contributed by atoms with Gasteiger partial charge in [-0.05, 0) is 43.1 Å². The third-order valence-corrected chi connectivity index (χ3v) is 4.85. The average molecular weight is 423 g/mol. The number of hydrogen-bond acceptors (Lipinski definition) is 4. The van der Waals surface area contributed by atoms with E-state index in [-0.39, 0.29) is 24.1 Å². The molecule has 3 rings (SSSR count). The molecule has 2 aromatic carbocycles. The van der Waals surface area contributed by atoms with Gasteiger partial charge in [-0.3, -0.25) is 4.79 Å². The number of likely N-dealkylation sites (tertiary alicyclic amines) is 1. The van der Waals surface area contributed by atoms with Gasteiger partial charge >= 0.3 is 0 Å². The largest absolute Gasteiger partial charge is 0.493 e. The van der Waals surface area contributed by atoms with E-state index in [4.69, 9.17) is 9.47 Å². The van der Waals surface area contributed by atoms with Crippen molar-refractivity contribution in [3.05, 3.63) is 59.4 Å². The molecule has 1 heterocycles. The monoisotopic (exact) mass is 422 g/mol. The van der Waals surface area contributed by atoms with Crippen LogP contribution in [-0.4, -0.2) is 37.6 Å². The van der Waals surface area contributed by atoms with Crippen LogP contribution in [0.3, 0.4) is 0 Å². The highest BCUT2D eigenvalue weighted by Crippen LogP contribution is 2.31. The van der Waals surface area contributed by atoms with Gasteiger partial charge in [0.1, 0.15) is 12.4 Å². The Morgan fingerprint density at radius 1 is 1.17 bits per heavy atom. The zero-order chi connectivity index (χ0) is 19.8. The lowest BCUT2D eigenvalue weighted by Crippen LogP contribution is -2.28. The zero-order valence-electron chi connectivity index (χ0n) is 16.7. The van der Waals surface area contributed by atoms with Crippen LogP contribution in [0.4, 0.5) is 4.39 Å². The number of benzene rings is 2. The lowest BCUT2D eigenvalue weighted by molar-refractivity contribution is -0.127. The summed E-state index contributed by atoms with van der Waals surface area (Å²) >= 11 is 0. The Balaban J connectivity index is 0.00000300. The molecule has 1 fully saturated rings. The van der Waals surface area contributed by atoms with Gasteiger partial charge in [0.2, 0.25) is 5.91 Å². The van der Waals surface area contributed by atoms with E-state index in [1.165, 1.54) is 12.1 Å². The number of halogens is 2. The van der Waals surface area contributed by atoms with Crippen LogP contribution in [-0.2, 0) is 17.9 Å². The van der Waals surface area contributed by atoms with Crippen molar-refractivity contribution in [3.63, 3.8) is 0 Å². The number of nitrogens with zero attached hydrogens (tertiary/aromatic N) is 1. The van der Waals surface area contributed by atoms with Crippen LogP contribution in [0, 0.1) is 5.82 Å². The van der Waals surface area contributed by atoms with E-state index in [2.05, 4.69) is 5.32 Å². The smallest absolute Gasteiger partial charge is 0.222 e. The van der Waals surface area contributed by atoms with Crippen LogP contribution in [0.25, 0.3) is 0 Å². The summed E-state index contributed by atoms with van der Waals surface area (Å²) in [5.41, 5.74) is 1.89. The summed E-state index contributed by atoms with van der Waals surface area (Å²) in [4.78, 5) is 13.6. The maximum Gasteiger partial charge on any atom is 0.222 e. The molecule has 5 nitrogen and oxygen atoms in total. The second kappa shape index (κ2) is 11.6. The number of methoxy groups -OCH3 is 1. The third-order valence-electron chi connectivity index (χ3n) is 4.85. The quantitative estimate of drug-likeness (QED) is 0.589. The lowest BCUT2D eigenvalue weighted by atomic mass is 10.1. The van der Waals surface area contributed by atoms with Gasteiger partial charge in [-0.25, -0.2) is 4.39 Å². The molecule has 1 amide bonds. The number of ether oxygens (including phenoxy) is 2. The number of para-hydroxylation sites is 1. The van der Waals surface area contributed by atoms with E-state index in [0.29, 0.717) is 31.1 Å². The minimum atomic E-state index is -0.262. The minimum Gasteiger partial charge on any atom is -0.493 e. The molecule has 7 heteroatoms. The molecule has 1 aliphatic heterocycles. The number of amides is 1. The number of carbonyl (C=O) groups is 1. The zero-order valence-corrected chi connectivity index (χ0v) is 17.5. The number of hydrogen-bond donors (Lipinski definition) is 1. The van der Waals surface area contributed by atoms with Crippen molar-refractivity contribution in [3.8, 4) is 11.5 Å². The highest BCUT2D eigenvalue weighted by atomic mass is 35.5. The van der Waals surface area contributed by atoms with Crippen LogP contribution in [0.15, 0.2) is 42.5 Å². The second-order valence-corrected chi connectivity index (χ2v) is 6.88. The predicted octanol–water partition coefficient (Wildman–Crippen LogP) is 3.94. The summed E-state index contributed by atoms with van der Waals surface area (Å²) < 4.78 is 24.5. The Kier molecular flexibility index (Phi) is 9.22. The summed E-state index contributed by atoms with van der Waals surface area (Å²) in [7, 11) is 1.62. The molecule has 0 aliphatic carbocycles. The lowest BCUT2D eigenvalue weighted by Gasteiger charge is -2.17. The Morgan fingerprint density at radius 3 is 2.66 bits per heavy atom. The molecule has 0 saturated carbocycles. The maximum atomic E-state index is 13.1. The first-order valence-electron chi connectivity index (χ1n) is 9.69. The molecule has 1 saturated heterocycles. The summed E-state index contributed by atoms with van der Waals surface area (Å²) in [6.07, 6.45) is 2.58. The molecule has 0 atom stereocenters. The Bertz CT molecular complexity index is 786. The molecule has 29 heavy (non-hydrogen) atoms. The van der Waals surface area contributed by atoms with E-state index in [0.717, 1.165) is 43.6 Å². The molecule has 1 N–H and O–H groups in total. The van der Waals surface area contributed by atoms with E-state index >= 15 is 0 Å². The van der Waals surface area contributed by atoms with Crippen molar-refractivity contribution >= 4 is 18.3 Å². The topological polar surface area (TPSA) is 50.8 Å². The van der Waals surface area contributed by atoms with Crippen molar-refractivity contribution in [2.45, 2.75) is 32.4 Å². The van der Waals surface area contributed by atoms with E-state index in [1.54, 1.807) is 19.2 Å². The number of rotatable bonds is 10. The number of nitrogens with one attached hydrogen (secondary N) is 1. The average Bonchev–Trinajstić information content (AvgIpc) is 3.12. The van der Waals surface area contributed by atoms with Crippen molar-refractivity contribution in [1.29, 1.82) is 0 Å². The Morgan fingerprint density at radius 2 is 1.97 bits per heavy atom. The highest BCUT2D eigenvalue weighted by molar-refractivity contribution is 5.85. The first-order valence-corrected chi connectivity index (χ1v) is 9.69. The molecular formula is C22H28ClFN2O3. The van der Waals surface area contributed by atoms with Gasteiger partial charge in [-0.15, -0.1) is 12.4 Å². The molecule has 0 spiro atoms. The van der Waals surface area contributed by atoms with Gasteiger partial charge in [0.15, 0.2) is 11.5 Å². The summed E-state index contributed by atoms with van der Waals surface area (Å²) in [5, 5.41) is 3.41. The van der Waals surface area contributed by atoms with Crippen LogP contribution >= 0.6 is 12.4 Å². The van der Waals surface area contributed by atoms with E-state index in [1.807, 2.05) is 23.1 Å². The van der Waals surface area contributed by atoms with Crippen molar-refractivity contribution in [1.82, 2.24) is 10.2 Å². The Labute approximate surface area is 177 Å². The minimum absolute atomic E-state index is 0. The van der Waals surface area contributed by atoms with Crippen molar-refractivity contribution < 1.29 is 18.7 Å². The van der Waals surface area contributed by atoms with Gasteiger partial charge in [0.05, 0.1) is 7.11 Å². The molecule has 0 aromatic heterocycles. The molecule has 1 aliphatic rings. The van der Waals surface area contributed by atoms with E-state index < -0.39 is 0 Å². The molecule has 158 valence electrons. The van der Waals surface area contributed by atoms with Crippen LogP contribution in [0.1, 0.15) is 30.4 Å². The SMILES string of the molecule is COc1cccc(CNCCCN2CCCC2=O)c1OCc1ccc(F)cc1.Cl. The fourth-order valence-corrected chi connectivity index (χ4v) is 3.32. The van der Waals surface area contributed by atoms with Crippen molar-refractivity contribution in [2.24, 2.45) is 0 Å². The Hall–Kier alpha value is -2.31. The summed E-state index contributed by atoms with van der Waals surface area (Å²) in [5.74, 6) is 1.37. The van der Waals surface area contributed by atoms with Gasteiger partial charge in [-0.2, -0.15) is 0 Å². The molecule has 0 unspecified atom stereocenters. The molecule has 0 radical (unpaired) electrons. The fraction of sp³-hybridized carbons (Fsp3) is 0.409. The first kappa shape index (κ1) is 23.0. The normalized spacial score (nSPS) is 13.3. The van der Waals surface area contributed by atoms with Gasteiger partial charge in [-0.1, -0.05) is 24.3 Å². The van der Waals surface area contributed by atoms with Crippen LogP contribution in [0.2, 0.25) is 0 Å². The molecular weight excluding hydrogens is 395 g/mol. The van der Waals surface area contributed by atoms with Gasteiger partial charge < -0.3 is 19.7 Å². The van der Waals surface area contributed by atoms with Crippen LogP contribution < -0.4 is 14.8 Å². The van der Waals surface area contributed by atoms with Crippen LogP contribution in [0.5, 0.6) is 11.5 Å². The van der Waals surface area contributed by atoms with Crippen molar-refractivity contribution in [2.75, 3.05) is 26.7 Å². The first-order chi connectivity index (χ1) is 13.7. The summed E-state index contributed by atoms with van der Waals surface area (Å²) in [6.45, 7) is 3.49. The van der Waals surface area contributed by atoms with Gasteiger partial charge in [0, 0.05) is 31.6 Å². The molecule has 0 bridgehead atoms. The second-order valence-electron chi connectivity index (χ2n) is 6.88. The fourth-order valence-electron chi connectivity index (χ4n) is 3.32. The highest BCUT2D eigenvalue weighted by Gasteiger charge is 2.19.